The van der Waals surface area contributed by atoms with Gasteiger partial charge in [-0.3, -0.25) is 0 Å². The Morgan fingerprint density at radius 1 is 1.25 bits per heavy atom. The average Bonchev–Trinajstić information content (AvgIpc) is 2.15. The van der Waals surface area contributed by atoms with Gasteiger partial charge in [0, 0.05) is 0 Å². The summed E-state index contributed by atoms with van der Waals surface area (Å²) in [5, 5.41) is 0. The van der Waals surface area contributed by atoms with Crippen LogP contribution in [-0.2, 0) is 0 Å². The van der Waals surface area contributed by atoms with E-state index < -0.39 is 0 Å². The molecule has 2 heterocycles. The zero-order valence-corrected chi connectivity index (χ0v) is 6.24. The van der Waals surface area contributed by atoms with Crippen LogP contribution >= 0.6 is 11.7 Å². The van der Waals surface area contributed by atoms with Gasteiger partial charge in [0.2, 0.25) is 0 Å². The molecular weight excluding hydrogens is 191 g/mol. The normalized spacial score (nSPS) is 14.5. The molecule has 0 bridgehead atoms. The third-order valence-electron chi connectivity index (χ3n) is 0.784. The van der Waals surface area contributed by atoms with Gasteiger partial charge in [-0.25, -0.2) is 0 Å². The van der Waals surface area contributed by atoms with Crippen LogP contribution < -0.4 is 8.67 Å². The first-order valence-corrected chi connectivity index (χ1v) is 4.41. The van der Waals surface area contributed by atoms with E-state index in [1.165, 1.54) is 11.7 Å². The van der Waals surface area contributed by atoms with Crippen LogP contribution in [0.25, 0.3) is 0 Å². The van der Waals surface area contributed by atoms with Crippen molar-refractivity contribution in [2.24, 2.45) is 0 Å². The monoisotopic (exact) mass is 194 g/mol. The van der Waals surface area contributed by atoms with Crippen LogP contribution in [0.4, 0.5) is 11.6 Å². The van der Waals surface area contributed by atoms with Crippen LogP contribution in [0.5, 0.6) is 0 Å². The summed E-state index contributed by atoms with van der Waals surface area (Å²) in [6, 6.07) is 0. The predicted octanol–water partition coefficient (Wildman–Crippen LogP) is -0.0903. The van der Waals surface area contributed by atoms with E-state index in [0.29, 0.717) is 15.4 Å². The van der Waals surface area contributed by atoms with Crippen molar-refractivity contribution < 1.29 is 0 Å². The van der Waals surface area contributed by atoms with E-state index in [2.05, 4.69) is 17.4 Å². The van der Waals surface area contributed by atoms with Crippen LogP contribution in [0, 0.1) is 0 Å². The van der Waals surface area contributed by atoms with Crippen LogP contribution in [0.1, 0.15) is 0 Å². The summed E-state index contributed by atoms with van der Waals surface area (Å²) in [4.78, 5) is 0. The van der Waals surface area contributed by atoms with E-state index in [1.54, 1.807) is 0 Å². The molecule has 0 amide bonds. The Bertz CT molecular complexity index is 179. The van der Waals surface area contributed by atoms with Crippen LogP contribution in [0.3, 0.4) is 0 Å². The fraction of sp³-hybridized carbons (Fsp3) is 0. The van der Waals surface area contributed by atoms with Gasteiger partial charge in [-0.05, 0) is 0 Å². The number of rotatable bonds is 0. The summed E-state index contributed by atoms with van der Waals surface area (Å²) in [6.07, 6.45) is 0. The summed E-state index contributed by atoms with van der Waals surface area (Å²) in [7, 11) is 0. The fourth-order valence-electron chi connectivity index (χ4n) is 0.445. The molecule has 1 aliphatic rings. The van der Waals surface area contributed by atoms with Crippen molar-refractivity contribution in [2.45, 2.75) is 0 Å². The number of nitrogens with zero attached hydrogens (tertiary/aromatic N) is 2. The standard InChI is InChI=1S/C2H2N4SSe/c3-1-2(4-7-3)6-8-5-1/h(H,3,5)(H,4,6). The van der Waals surface area contributed by atoms with Gasteiger partial charge in [-0.1, -0.05) is 0 Å². The topological polar surface area (TPSA) is 49.8 Å². The van der Waals surface area contributed by atoms with Crippen molar-refractivity contribution in [3.63, 3.8) is 0 Å². The van der Waals surface area contributed by atoms with Gasteiger partial charge in [-0.2, -0.15) is 0 Å². The summed E-state index contributed by atoms with van der Waals surface area (Å²) in [5.74, 6) is 1.82. The van der Waals surface area contributed by atoms with E-state index in [4.69, 9.17) is 0 Å². The zero-order chi connectivity index (χ0) is 5.40. The fourth-order valence-corrected chi connectivity index (χ4v) is 2.28. The second-order valence-corrected chi connectivity index (χ2v) is 3.08. The van der Waals surface area contributed by atoms with Gasteiger partial charge in [0.25, 0.3) is 0 Å². The molecule has 0 saturated carbocycles. The van der Waals surface area contributed by atoms with Crippen molar-refractivity contribution in [1.29, 1.82) is 0 Å². The van der Waals surface area contributed by atoms with Gasteiger partial charge in [0.15, 0.2) is 0 Å². The quantitative estimate of drug-likeness (QED) is 0.565. The molecule has 0 unspecified atom stereocenters. The molecule has 6 heteroatoms. The maximum absolute atomic E-state index is 3.97. The summed E-state index contributed by atoms with van der Waals surface area (Å²) in [5.41, 5.74) is 0. The SMILES string of the molecule is n1snc2c1N[Se]N2. The summed E-state index contributed by atoms with van der Waals surface area (Å²) >= 11 is 1.52. The Morgan fingerprint density at radius 3 is 2.50 bits per heavy atom. The summed E-state index contributed by atoms with van der Waals surface area (Å²) in [6.45, 7) is 0. The van der Waals surface area contributed by atoms with E-state index in [1.807, 2.05) is 0 Å². The Labute approximate surface area is 56.6 Å². The van der Waals surface area contributed by atoms with Crippen LogP contribution in [-0.4, -0.2) is 24.1 Å². The predicted molar refractivity (Wildman–Crippen MR) is 32.9 cm³/mol. The van der Waals surface area contributed by atoms with Crippen molar-refractivity contribution in [1.82, 2.24) is 8.75 Å². The first kappa shape index (κ1) is 4.55. The Balaban J connectivity index is 2.54. The maximum atomic E-state index is 3.97. The van der Waals surface area contributed by atoms with Crippen molar-refractivity contribution in [3.8, 4) is 0 Å². The molecule has 0 aromatic carbocycles. The number of fused-ring (bicyclic) bond motifs is 1. The minimum absolute atomic E-state index is 0.290. The Hall–Kier alpha value is -0.321. The molecular formula is C2H2N4SSe. The molecule has 1 aromatic heterocycles. The van der Waals surface area contributed by atoms with Gasteiger partial charge >= 0.3 is 56.2 Å². The van der Waals surface area contributed by atoms with E-state index in [-0.39, 0.29) is 0 Å². The second-order valence-electron chi connectivity index (χ2n) is 1.27. The number of hydrogen-bond acceptors (Lipinski definition) is 5. The number of hydrogen-bond donors (Lipinski definition) is 2. The molecule has 0 atom stereocenters. The zero-order valence-electron chi connectivity index (χ0n) is 3.71. The van der Waals surface area contributed by atoms with E-state index in [0.717, 1.165) is 11.6 Å². The molecule has 0 saturated heterocycles. The molecule has 1 aromatic rings. The molecule has 8 heavy (non-hydrogen) atoms. The number of aromatic nitrogens is 2. The van der Waals surface area contributed by atoms with Crippen LogP contribution in [0.15, 0.2) is 0 Å². The molecule has 0 aliphatic carbocycles. The van der Waals surface area contributed by atoms with E-state index >= 15 is 0 Å². The van der Waals surface area contributed by atoms with Gasteiger partial charge < -0.3 is 0 Å². The van der Waals surface area contributed by atoms with Gasteiger partial charge in [-0.15, -0.1) is 0 Å². The number of anilines is 2. The molecule has 2 N–H and O–H groups in total. The first-order valence-electron chi connectivity index (χ1n) is 1.97. The van der Waals surface area contributed by atoms with Crippen molar-refractivity contribution in [3.05, 3.63) is 0 Å². The van der Waals surface area contributed by atoms with Crippen molar-refractivity contribution >= 4 is 38.8 Å². The van der Waals surface area contributed by atoms with Crippen molar-refractivity contribution in [2.75, 3.05) is 8.67 Å². The molecule has 0 spiro atoms. The molecule has 0 radical (unpaired) electrons. The number of nitrogens with one attached hydrogen (secondary N) is 2. The average molecular weight is 193 g/mol. The third-order valence-corrected chi connectivity index (χ3v) is 2.55. The first-order chi connectivity index (χ1) is 3.97. The second kappa shape index (κ2) is 1.58. The van der Waals surface area contributed by atoms with Gasteiger partial charge in [0.05, 0.1) is 0 Å². The molecule has 4 nitrogen and oxygen atoms in total. The molecule has 1 aliphatic heterocycles. The molecule has 0 fully saturated rings. The summed E-state index contributed by atoms with van der Waals surface area (Å²) < 4.78 is 14.1. The van der Waals surface area contributed by atoms with E-state index in [9.17, 15) is 0 Å². The van der Waals surface area contributed by atoms with Gasteiger partial charge in [0.1, 0.15) is 0 Å². The molecule has 2 rings (SSSR count). The Morgan fingerprint density at radius 2 is 1.88 bits per heavy atom. The minimum atomic E-state index is 0.290. The third kappa shape index (κ3) is 0.506. The van der Waals surface area contributed by atoms with Crippen LogP contribution in [0.2, 0.25) is 0 Å². The Kier molecular flexibility index (Phi) is 0.898. The molecule has 42 valence electrons.